The molecule has 0 aliphatic rings. The maximum absolute atomic E-state index is 11.7. The Kier molecular flexibility index (Phi) is 5.50. The van der Waals surface area contributed by atoms with Crippen LogP contribution >= 0.6 is 15.9 Å². The summed E-state index contributed by atoms with van der Waals surface area (Å²) in [4.78, 5) is 33.6. The maximum atomic E-state index is 11.7. The summed E-state index contributed by atoms with van der Waals surface area (Å²) in [6.45, 7) is 1.07. The van der Waals surface area contributed by atoms with Crippen LogP contribution in [0.25, 0.3) is 0 Å². The van der Waals surface area contributed by atoms with E-state index in [-0.39, 0.29) is 6.54 Å². The number of rotatable bonds is 5. The first-order valence-corrected chi connectivity index (χ1v) is 6.25. The maximum Gasteiger partial charge on any atom is 0.325 e. The minimum atomic E-state index is -1.13. The molecule has 19 heavy (non-hydrogen) atoms. The van der Waals surface area contributed by atoms with Crippen LogP contribution in [-0.4, -0.2) is 35.5 Å². The van der Waals surface area contributed by atoms with Gasteiger partial charge in [0, 0.05) is 10.0 Å². The van der Waals surface area contributed by atoms with Crippen LogP contribution in [0.5, 0.6) is 0 Å². The van der Waals surface area contributed by atoms with Gasteiger partial charge in [-0.05, 0) is 25.1 Å². The van der Waals surface area contributed by atoms with Crippen molar-refractivity contribution in [1.29, 1.82) is 0 Å². The lowest BCUT2D eigenvalue weighted by Crippen LogP contribution is -2.44. The first-order valence-electron chi connectivity index (χ1n) is 5.46. The number of benzene rings is 1. The lowest BCUT2D eigenvalue weighted by Gasteiger charge is -2.10. The van der Waals surface area contributed by atoms with E-state index in [2.05, 4.69) is 26.6 Å². The van der Waals surface area contributed by atoms with Gasteiger partial charge in [-0.3, -0.25) is 14.4 Å². The van der Waals surface area contributed by atoms with Crippen LogP contribution in [0.4, 0.5) is 0 Å². The second-order valence-electron chi connectivity index (χ2n) is 3.82. The number of nitrogens with one attached hydrogen (secondary N) is 2. The quantitative estimate of drug-likeness (QED) is 0.743. The Morgan fingerprint density at radius 1 is 1.37 bits per heavy atom. The van der Waals surface area contributed by atoms with Gasteiger partial charge in [0.25, 0.3) is 5.91 Å². The molecule has 7 heteroatoms. The zero-order valence-electron chi connectivity index (χ0n) is 10.1. The average molecular weight is 329 g/mol. The summed E-state index contributed by atoms with van der Waals surface area (Å²) >= 11 is 3.23. The molecule has 1 aromatic carbocycles. The molecule has 0 aromatic heterocycles. The molecule has 2 amide bonds. The largest absolute Gasteiger partial charge is 0.480 e. The third kappa shape index (κ3) is 5.09. The fraction of sp³-hybridized carbons (Fsp3) is 0.250. The smallest absolute Gasteiger partial charge is 0.325 e. The van der Waals surface area contributed by atoms with Crippen molar-refractivity contribution in [3.8, 4) is 0 Å². The molecule has 0 unspecified atom stereocenters. The van der Waals surface area contributed by atoms with Crippen molar-refractivity contribution in [2.24, 2.45) is 0 Å². The third-order valence-corrected chi connectivity index (χ3v) is 2.74. The number of aliphatic carboxylic acids is 1. The predicted octanol–water partition coefficient (Wildman–Crippen LogP) is 0.768. The highest BCUT2D eigenvalue weighted by atomic mass is 79.9. The monoisotopic (exact) mass is 328 g/mol. The van der Waals surface area contributed by atoms with Gasteiger partial charge in [0.1, 0.15) is 6.04 Å². The van der Waals surface area contributed by atoms with Crippen LogP contribution in [0.15, 0.2) is 28.7 Å². The van der Waals surface area contributed by atoms with Crippen LogP contribution in [0, 0.1) is 0 Å². The van der Waals surface area contributed by atoms with E-state index in [1.54, 1.807) is 24.3 Å². The topological polar surface area (TPSA) is 95.5 Å². The zero-order chi connectivity index (χ0) is 14.4. The van der Waals surface area contributed by atoms with Crippen LogP contribution < -0.4 is 10.6 Å². The minimum Gasteiger partial charge on any atom is -0.480 e. The summed E-state index contributed by atoms with van der Waals surface area (Å²) in [6.07, 6.45) is 0. The van der Waals surface area contributed by atoms with Crippen molar-refractivity contribution in [2.75, 3.05) is 6.54 Å². The molecule has 0 aliphatic carbocycles. The second-order valence-corrected chi connectivity index (χ2v) is 4.74. The summed E-state index contributed by atoms with van der Waals surface area (Å²) in [5, 5.41) is 13.3. The molecule has 1 aromatic rings. The lowest BCUT2D eigenvalue weighted by molar-refractivity contribution is -0.141. The van der Waals surface area contributed by atoms with Gasteiger partial charge in [-0.15, -0.1) is 0 Å². The van der Waals surface area contributed by atoms with Crippen LogP contribution in [0.3, 0.4) is 0 Å². The highest BCUT2D eigenvalue weighted by Crippen LogP contribution is 2.11. The van der Waals surface area contributed by atoms with Gasteiger partial charge >= 0.3 is 5.97 Å². The van der Waals surface area contributed by atoms with Gasteiger partial charge in [0.2, 0.25) is 5.91 Å². The summed E-state index contributed by atoms with van der Waals surface area (Å²) in [5.41, 5.74) is 0.411. The molecule has 0 saturated carbocycles. The normalized spacial score (nSPS) is 11.5. The van der Waals surface area contributed by atoms with Crippen molar-refractivity contribution in [3.63, 3.8) is 0 Å². The first-order chi connectivity index (χ1) is 8.90. The number of halogens is 1. The van der Waals surface area contributed by atoms with Gasteiger partial charge in [-0.25, -0.2) is 0 Å². The van der Waals surface area contributed by atoms with Crippen molar-refractivity contribution in [3.05, 3.63) is 34.3 Å². The van der Waals surface area contributed by atoms with Crippen molar-refractivity contribution in [1.82, 2.24) is 10.6 Å². The van der Waals surface area contributed by atoms with Crippen LogP contribution in [0.1, 0.15) is 17.3 Å². The lowest BCUT2D eigenvalue weighted by atomic mass is 10.2. The molecule has 0 aliphatic heterocycles. The van der Waals surface area contributed by atoms with Crippen LogP contribution in [-0.2, 0) is 9.59 Å². The van der Waals surface area contributed by atoms with E-state index < -0.39 is 23.8 Å². The molecule has 102 valence electrons. The number of hydrogen-bond donors (Lipinski definition) is 3. The van der Waals surface area contributed by atoms with E-state index in [4.69, 9.17) is 5.11 Å². The zero-order valence-corrected chi connectivity index (χ0v) is 11.7. The Morgan fingerprint density at radius 3 is 2.63 bits per heavy atom. The number of carboxylic acid groups (broad SMARTS) is 1. The summed E-state index contributed by atoms with van der Waals surface area (Å²) in [5.74, 6) is -2.09. The summed E-state index contributed by atoms with van der Waals surface area (Å²) in [6, 6.07) is 5.71. The Balaban J connectivity index is 2.46. The Hall–Kier alpha value is -1.89. The molecule has 0 heterocycles. The molecule has 1 atom stereocenters. The van der Waals surface area contributed by atoms with Crippen molar-refractivity contribution in [2.45, 2.75) is 13.0 Å². The van der Waals surface area contributed by atoms with E-state index in [9.17, 15) is 14.4 Å². The van der Waals surface area contributed by atoms with Gasteiger partial charge in [-0.1, -0.05) is 22.0 Å². The fourth-order valence-electron chi connectivity index (χ4n) is 1.25. The fourth-order valence-corrected chi connectivity index (χ4v) is 1.65. The first kappa shape index (κ1) is 15.2. The average Bonchev–Trinajstić information content (AvgIpc) is 2.35. The molecule has 3 N–H and O–H groups in total. The molecule has 0 radical (unpaired) electrons. The number of hydrogen-bond acceptors (Lipinski definition) is 3. The van der Waals surface area contributed by atoms with Crippen molar-refractivity contribution >= 4 is 33.7 Å². The van der Waals surface area contributed by atoms with Gasteiger partial charge in [0.15, 0.2) is 0 Å². The molecule has 0 spiro atoms. The SMILES string of the molecule is C[C@H](NC(=O)CNC(=O)c1cccc(Br)c1)C(=O)O. The van der Waals surface area contributed by atoms with Gasteiger partial charge in [0.05, 0.1) is 6.54 Å². The molecule has 0 saturated heterocycles. The molecule has 1 rings (SSSR count). The number of carboxylic acids is 1. The standard InChI is InChI=1S/C12H13BrN2O4/c1-7(12(18)19)15-10(16)6-14-11(17)8-3-2-4-9(13)5-8/h2-5,7H,6H2,1H3,(H,14,17)(H,15,16)(H,18,19)/t7-/m0/s1. The highest BCUT2D eigenvalue weighted by molar-refractivity contribution is 9.10. The number of amides is 2. The molecule has 0 bridgehead atoms. The van der Waals surface area contributed by atoms with E-state index in [1.165, 1.54) is 6.92 Å². The number of carbonyl (C=O) groups is 3. The molecular formula is C12H13BrN2O4. The van der Waals surface area contributed by atoms with E-state index in [0.717, 1.165) is 4.47 Å². The second kappa shape index (κ2) is 6.89. The number of carbonyl (C=O) groups excluding carboxylic acids is 2. The minimum absolute atomic E-state index is 0.275. The molecule has 6 nitrogen and oxygen atoms in total. The Morgan fingerprint density at radius 2 is 2.05 bits per heavy atom. The van der Waals surface area contributed by atoms with Gasteiger partial charge in [-0.2, -0.15) is 0 Å². The van der Waals surface area contributed by atoms with Crippen LogP contribution in [0.2, 0.25) is 0 Å². The van der Waals surface area contributed by atoms with E-state index in [0.29, 0.717) is 5.56 Å². The van der Waals surface area contributed by atoms with E-state index in [1.807, 2.05) is 0 Å². The highest BCUT2D eigenvalue weighted by Gasteiger charge is 2.14. The van der Waals surface area contributed by atoms with Gasteiger partial charge < -0.3 is 15.7 Å². The molecule has 0 fully saturated rings. The van der Waals surface area contributed by atoms with E-state index >= 15 is 0 Å². The van der Waals surface area contributed by atoms with Crippen molar-refractivity contribution < 1.29 is 19.5 Å². The summed E-state index contributed by atoms with van der Waals surface area (Å²) in [7, 11) is 0. The molecular weight excluding hydrogens is 316 g/mol. The Labute approximate surface area is 118 Å². The Bertz CT molecular complexity index is 504. The predicted molar refractivity (Wildman–Crippen MR) is 71.7 cm³/mol. The third-order valence-electron chi connectivity index (χ3n) is 2.24. The summed E-state index contributed by atoms with van der Waals surface area (Å²) < 4.78 is 0.754.